The number of hydrogen-bond donors (Lipinski definition) is 6. The van der Waals surface area contributed by atoms with Crippen molar-refractivity contribution in [3.63, 3.8) is 0 Å². The zero-order valence-corrected chi connectivity index (χ0v) is 47.8. The van der Waals surface area contributed by atoms with Gasteiger partial charge < -0.3 is 49.1 Å². The van der Waals surface area contributed by atoms with Crippen LogP contribution in [-0.4, -0.2) is 68.5 Å². The van der Waals surface area contributed by atoms with Crippen LogP contribution in [-0.2, 0) is 0 Å². The Morgan fingerprint density at radius 3 is 0.941 bits per heavy atom. The maximum atomic E-state index is 10.2. The van der Waals surface area contributed by atoms with Crippen molar-refractivity contribution in [3.8, 4) is 45.8 Å². The number of nitrogens with zero attached hydrogens (tertiary/aromatic N) is 4. The SMILES string of the molecule is CCC(O)CNc1ccc(-c2nc3ccccc3o2)cc1.Cc1ccc(-c2nc3ccccc3o2)cc1.Cc1ccc(NCC(O)CNc2ccc(-c3nc4ccccc4o3)cc2)cc1.c1ccc2oc(-c3ccc(NCC4CC4)cc3)nc2c1. The number of rotatable bonds is 17. The number of aromatic nitrogens is 4. The number of aliphatic hydroxyl groups is 2. The molecule has 14 rings (SSSR count). The summed E-state index contributed by atoms with van der Waals surface area (Å²) in [6.45, 7) is 8.66. The fourth-order valence-electron chi connectivity index (χ4n) is 9.05. The Morgan fingerprint density at radius 1 is 0.365 bits per heavy atom. The summed E-state index contributed by atoms with van der Waals surface area (Å²) in [4.78, 5) is 17.9. The summed E-state index contributed by atoms with van der Waals surface area (Å²) in [5.74, 6) is 3.47. The standard InChI is InChI=1S/C23H23N3O2.C17H18N2O2.C17H16N2O.C14H11NO/c1-16-6-10-18(11-7-16)24-14-20(27)15-25-19-12-8-17(9-13-19)23-26-21-4-2-3-5-22(21)28-23;1-2-14(20)11-18-13-9-7-12(8-10-13)17-19-15-5-3-4-6-16(15)21-17;1-2-4-16-15(3-1)19-17(20-16)13-7-9-14(10-8-13)18-11-12-5-6-12;1-10-6-8-11(9-7-10)14-15-12-4-2-3-5-13(12)16-14/h2-13,20,24-25,27H,14-15H2,1H3;3-10,14,18,20H,2,11H2,1H3;1-4,7-10,12,18H,5-6,11H2;2-9H,1H3. The molecule has 2 atom stereocenters. The average molecular weight is 1130 g/mol. The lowest BCUT2D eigenvalue weighted by Gasteiger charge is -2.14. The molecule has 6 N–H and O–H groups in total. The Bertz CT molecular complexity index is 4060. The molecule has 0 aliphatic heterocycles. The fourth-order valence-corrected chi connectivity index (χ4v) is 9.05. The van der Waals surface area contributed by atoms with Crippen LogP contribution in [0.25, 0.3) is 90.2 Å². The monoisotopic (exact) mass is 1130 g/mol. The molecule has 1 aliphatic rings. The number of hydrogen-bond acceptors (Lipinski definition) is 14. The number of oxazole rings is 4. The van der Waals surface area contributed by atoms with Crippen LogP contribution in [0.5, 0.6) is 0 Å². The van der Waals surface area contributed by atoms with E-state index in [1.165, 1.54) is 24.0 Å². The number of benzene rings is 9. The maximum Gasteiger partial charge on any atom is 0.227 e. The van der Waals surface area contributed by atoms with Crippen molar-refractivity contribution < 1.29 is 27.9 Å². The fraction of sp³-hybridized carbons (Fsp3) is 0.183. The smallest absolute Gasteiger partial charge is 0.227 e. The Kier molecular flexibility index (Phi) is 18.3. The third-order valence-electron chi connectivity index (χ3n) is 14.3. The van der Waals surface area contributed by atoms with E-state index in [0.717, 1.165) is 108 Å². The number of fused-ring (bicyclic) bond motifs is 4. The van der Waals surface area contributed by atoms with Gasteiger partial charge in [0, 0.05) is 71.2 Å². The summed E-state index contributed by atoms with van der Waals surface area (Å²) >= 11 is 0. The van der Waals surface area contributed by atoms with Gasteiger partial charge in [-0.2, -0.15) is 0 Å². The first-order chi connectivity index (χ1) is 41.6. The van der Waals surface area contributed by atoms with E-state index in [-0.39, 0.29) is 6.10 Å². The van der Waals surface area contributed by atoms with Crippen molar-refractivity contribution in [2.45, 2.75) is 52.2 Å². The van der Waals surface area contributed by atoms with Crippen molar-refractivity contribution in [1.29, 1.82) is 0 Å². The van der Waals surface area contributed by atoms with Gasteiger partial charge in [0.25, 0.3) is 0 Å². The summed E-state index contributed by atoms with van der Waals surface area (Å²) in [7, 11) is 0. The first-order valence-corrected chi connectivity index (χ1v) is 28.8. The molecule has 2 unspecified atom stereocenters. The zero-order chi connectivity index (χ0) is 58.3. The quantitative estimate of drug-likeness (QED) is 0.0504. The molecule has 13 aromatic rings. The molecule has 14 nitrogen and oxygen atoms in total. The largest absolute Gasteiger partial charge is 0.436 e. The van der Waals surface area contributed by atoms with Gasteiger partial charge in [-0.1, -0.05) is 90.8 Å². The lowest BCUT2D eigenvalue weighted by Crippen LogP contribution is -2.27. The Balaban J connectivity index is 0.000000120. The average Bonchev–Trinajstić information content (AvgIpc) is 4.05. The van der Waals surface area contributed by atoms with Gasteiger partial charge in [0.15, 0.2) is 22.3 Å². The van der Waals surface area contributed by atoms with Crippen molar-refractivity contribution in [3.05, 3.63) is 230 Å². The van der Waals surface area contributed by atoms with Crippen molar-refractivity contribution >= 4 is 67.1 Å². The minimum atomic E-state index is -0.502. The molecule has 1 aliphatic carbocycles. The molecule has 9 aromatic carbocycles. The van der Waals surface area contributed by atoms with E-state index in [9.17, 15) is 10.2 Å². The maximum absolute atomic E-state index is 10.2. The molecular weight excluding hydrogens is 1060 g/mol. The van der Waals surface area contributed by atoms with Gasteiger partial charge >= 0.3 is 0 Å². The van der Waals surface area contributed by atoms with Crippen LogP contribution in [0, 0.1) is 19.8 Å². The van der Waals surface area contributed by atoms with Gasteiger partial charge in [0.05, 0.1) is 12.2 Å². The molecule has 0 amide bonds. The van der Waals surface area contributed by atoms with Crippen LogP contribution in [0.1, 0.15) is 37.3 Å². The second-order valence-corrected chi connectivity index (χ2v) is 21.1. The summed E-state index contributed by atoms with van der Waals surface area (Å²) in [5, 5.41) is 32.9. The minimum absolute atomic E-state index is 0.318. The van der Waals surface area contributed by atoms with Crippen molar-refractivity contribution in [2.75, 3.05) is 47.4 Å². The highest BCUT2D eigenvalue weighted by atomic mass is 16.4. The Labute approximate surface area is 493 Å². The third-order valence-corrected chi connectivity index (χ3v) is 14.3. The first kappa shape index (κ1) is 56.8. The predicted molar refractivity (Wildman–Crippen MR) is 343 cm³/mol. The molecule has 85 heavy (non-hydrogen) atoms. The van der Waals surface area contributed by atoms with Crippen LogP contribution in [0.15, 0.2) is 236 Å². The van der Waals surface area contributed by atoms with E-state index in [1.807, 2.05) is 189 Å². The van der Waals surface area contributed by atoms with Gasteiger partial charge in [-0.15, -0.1) is 0 Å². The van der Waals surface area contributed by atoms with Crippen molar-refractivity contribution in [1.82, 2.24) is 19.9 Å². The van der Waals surface area contributed by atoms with Gasteiger partial charge in [-0.3, -0.25) is 0 Å². The molecule has 1 fully saturated rings. The van der Waals surface area contributed by atoms with Crippen LogP contribution < -0.4 is 21.3 Å². The summed E-state index contributed by atoms with van der Waals surface area (Å²) in [5.41, 5.74) is 17.2. The van der Waals surface area contributed by atoms with Crippen LogP contribution >= 0.6 is 0 Å². The van der Waals surface area contributed by atoms with Gasteiger partial charge in [0.2, 0.25) is 23.6 Å². The van der Waals surface area contributed by atoms with E-state index in [4.69, 9.17) is 17.7 Å². The van der Waals surface area contributed by atoms with Crippen molar-refractivity contribution in [2.24, 2.45) is 5.92 Å². The molecule has 428 valence electrons. The van der Waals surface area contributed by atoms with E-state index in [2.05, 4.69) is 91.4 Å². The lowest BCUT2D eigenvalue weighted by molar-refractivity contribution is 0.183. The molecule has 1 saturated carbocycles. The highest BCUT2D eigenvalue weighted by molar-refractivity contribution is 5.79. The molecule has 0 radical (unpaired) electrons. The number of nitrogens with one attached hydrogen (secondary N) is 4. The van der Waals surface area contributed by atoms with Crippen LogP contribution in [0.3, 0.4) is 0 Å². The zero-order valence-electron chi connectivity index (χ0n) is 47.8. The molecule has 0 spiro atoms. The molecule has 0 saturated heterocycles. The first-order valence-electron chi connectivity index (χ1n) is 28.8. The molecule has 14 heteroatoms. The predicted octanol–water partition coefficient (Wildman–Crippen LogP) is 16.5. The summed E-state index contributed by atoms with van der Waals surface area (Å²) < 4.78 is 23.0. The van der Waals surface area contributed by atoms with Gasteiger partial charge in [-0.05, 0) is 185 Å². The highest BCUT2D eigenvalue weighted by Crippen LogP contribution is 2.31. The van der Waals surface area contributed by atoms with E-state index < -0.39 is 6.10 Å². The Hall–Kier alpha value is -10.0. The number of aliphatic hydroxyl groups excluding tert-OH is 2. The normalized spacial score (nSPS) is 12.5. The van der Waals surface area contributed by atoms with Crippen LogP contribution in [0.2, 0.25) is 0 Å². The summed E-state index contributed by atoms with van der Waals surface area (Å²) in [6.07, 6.45) is 2.66. The van der Waals surface area contributed by atoms with E-state index in [1.54, 1.807) is 0 Å². The third kappa shape index (κ3) is 15.6. The summed E-state index contributed by atoms with van der Waals surface area (Å²) in [6, 6.07) is 71.4. The molecular formula is C71H68N8O6. The number of para-hydroxylation sites is 8. The topological polar surface area (TPSA) is 193 Å². The van der Waals surface area contributed by atoms with E-state index in [0.29, 0.717) is 43.2 Å². The highest BCUT2D eigenvalue weighted by Gasteiger charge is 2.20. The van der Waals surface area contributed by atoms with Crippen LogP contribution in [0.4, 0.5) is 22.7 Å². The number of aryl methyl sites for hydroxylation is 2. The second kappa shape index (κ2) is 27.4. The second-order valence-electron chi connectivity index (χ2n) is 21.1. The Morgan fingerprint density at radius 2 is 0.635 bits per heavy atom. The molecule has 4 aromatic heterocycles. The molecule has 4 heterocycles. The minimum Gasteiger partial charge on any atom is -0.436 e. The molecule has 0 bridgehead atoms. The lowest BCUT2D eigenvalue weighted by atomic mass is 10.1. The van der Waals surface area contributed by atoms with E-state index >= 15 is 0 Å². The van der Waals surface area contributed by atoms with Gasteiger partial charge in [-0.25, -0.2) is 19.9 Å². The number of anilines is 4. The van der Waals surface area contributed by atoms with Gasteiger partial charge in [0.1, 0.15) is 22.1 Å².